The van der Waals surface area contributed by atoms with Gasteiger partial charge in [-0.1, -0.05) is 6.07 Å². The number of amides is 1. The Morgan fingerprint density at radius 3 is 2.62 bits per heavy atom. The van der Waals surface area contributed by atoms with Crippen LogP contribution in [0.25, 0.3) is 10.9 Å². The van der Waals surface area contributed by atoms with Gasteiger partial charge in [0.15, 0.2) is 0 Å². The largest absolute Gasteiger partial charge is 0.497 e. The molecule has 3 rings (SSSR count). The van der Waals surface area contributed by atoms with E-state index in [1.807, 2.05) is 61.5 Å². The van der Waals surface area contributed by atoms with Crippen LogP contribution in [0.4, 0.5) is 11.4 Å². The fourth-order valence-electron chi connectivity index (χ4n) is 2.46. The molecule has 3 aromatic rings. The minimum absolute atomic E-state index is 0.109. The number of hydrogen-bond acceptors (Lipinski definition) is 4. The van der Waals surface area contributed by atoms with Crippen molar-refractivity contribution in [2.24, 2.45) is 0 Å². The molecule has 0 saturated carbocycles. The number of nitrogens with zero attached hydrogens (tertiary/aromatic N) is 1. The zero-order valence-electron chi connectivity index (χ0n) is 13.6. The number of nitrogens with one attached hydrogen (secondary N) is 2. The SMILES string of the molecule is COc1ccc(NC(C)C(=O)Nc2cccc3ncccc23)cc1. The molecule has 122 valence electrons. The number of benzene rings is 2. The number of pyridine rings is 1. The normalized spacial score (nSPS) is 11.8. The lowest BCUT2D eigenvalue weighted by atomic mass is 10.1. The molecule has 0 fully saturated rings. The third kappa shape index (κ3) is 3.46. The Kier molecular flexibility index (Phi) is 4.61. The van der Waals surface area contributed by atoms with Crippen LogP contribution in [0.5, 0.6) is 5.75 Å². The molecule has 0 bridgehead atoms. The van der Waals surface area contributed by atoms with Crippen molar-refractivity contribution in [3.05, 3.63) is 60.8 Å². The lowest BCUT2D eigenvalue weighted by molar-refractivity contribution is -0.116. The Labute approximate surface area is 140 Å². The van der Waals surface area contributed by atoms with Gasteiger partial charge in [0.1, 0.15) is 11.8 Å². The summed E-state index contributed by atoms with van der Waals surface area (Å²) in [5.41, 5.74) is 2.47. The summed E-state index contributed by atoms with van der Waals surface area (Å²) in [4.78, 5) is 16.8. The Hall–Kier alpha value is -3.08. The van der Waals surface area contributed by atoms with Crippen LogP contribution in [0, 0.1) is 0 Å². The predicted molar refractivity (Wildman–Crippen MR) is 96.5 cm³/mol. The molecule has 0 spiro atoms. The number of methoxy groups -OCH3 is 1. The van der Waals surface area contributed by atoms with Crippen molar-refractivity contribution >= 4 is 28.2 Å². The Bertz CT molecular complexity index is 841. The van der Waals surface area contributed by atoms with E-state index in [0.29, 0.717) is 0 Å². The Balaban J connectivity index is 1.71. The highest BCUT2D eigenvalue weighted by Crippen LogP contribution is 2.22. The van der Waals surface area contributed by atoms with Gasteiger partial charge in [0.2, 0.25) is 5.91 Å². The molecular formula is C19H19N3O2. The number of aromatic nitrogens is 1. The standard InChI is InChI=1S/C19H19N3O2/c1-13(21-14-8-10-15(24-2)11-9-14)19(23)22-18-7-3-6-17-16(18)5-4-12-20-17/h3-13,21H,1-2H3,(H,22,23). The zero-order chi connectivity index (χ0) is 16.9. The number of anilines is 2. The van der Waals surface area contributed by atoms with Gasteiger partial charge >= 0.3 is 0 Å². The first-order chi connectivity index (χ1) is 11.7. The first-order valence-electron chi connectivity index (χ1n) is 7.72. The molecule has 0 saturated heterocycles. The van der Waals surface area contributed by atoms with E-state index in [-0.39, 0.29) is 11.9 Å². The third-order valence-corrected chi connectivity index (χ3v) is 3.77. The molecule has 0 aliphatic rings. The highest BCUT2D eigenvalue weighted by molar-refractivity contribution is 6.03. The van der Waals surface area contributed by atoms with E-state index in [9.17, 15) is 4.79 Å². The summed E-state index contributed by atoms with van der Waals surface area (Å²) in [6.07, 6.45) is 1.74. The molecule has 1 heterocycles. The van der Waals surface area contributed by atoms with Gasteiger partial charge in [0.05, 0.1) is 18.3 Å². The first-order valence-corrected chi connectivity index (χ1v) is 7.72. The summed E-state index contributed by atoms with van der Waals surface area (Å²) >= 11 is 0. The predicted octanol–water partition coefficient (Wildman–Crippen LogP) is 3.68. The van der Waals surface area contributed by atoms with Crippen molar-refractivity contribution < 1.29 is 9.53 Å². The topological polar surface area (TPSA) is 63.2 Å². The summed E-state index contributed by atoms with van der Waals surface area (Å²) in [6.45, 7) is 1.82. The quantitative estimate of drug-likeness (QED) is 0.752. The van der Waals surface area contributed by atoms with E-state index < -0.39 is 0 Å². The van der Waals surface area contributed by atoms with Crippen molar-refractivity contribution in [3.63, 3.8) is 0 Å². The summed E-state index contributed by atoms with van der Waals surface area (Å²) in [6, 6.07) is 16.6. The van der Waals surface area contributed by atoms with Crippen LogP contribution in [0.2, 0.25) is 0 Å². The molecule has 5 nitrogen and oxygen atoms in total. The van der Waals surface area contributed by atoms with Crippen LogP contribution in [0.15, 0.2) is 60.8 Å². The second-order valence-corrected chi connectivity index (χ2v) is 5.46. The second kappa shape index (κ2) is 7.00. The monoisotopic (exact) mass is 321 g/mol. The molecule has 1 atom stereocenters. The number of ether oxygens (including phenoxy) is 1. The second-order valence-electron chi connectivity index (χ2n) is 5.46. The Morgan fingerprint density at radius 1 is 1.08 bits per heavy atom. The highest BCUT2D eigenvalue weighted by atomic mass is 16.5. The zero-order valence-corrected chi connectivity index (χ0v) is 13.6. The van der Waals surface area contributed by atoms with E-state index in [4.69, 9.17) is 4.74 Å². The van der Waals surface area contributed by atoms with E-state index >= 15 is 0 Å². The van der Waals surface area contributed by atoms with Crippen LogP contribution in [0.1, 0.15) is 6.92 Å². The van der Waals surface area contributed by atoms with Crippen LogP contribution in [0.3, 0.4) is 0 Å². The average Bonchev–Trinajstić information content (AvgIpc) is 2.62. The highest BCUT2D eigenvalue weighted by Gasteiger charge is 2.14. The van der Waals surface area contributed by atoms with Crippen LogP contribution in [-0.2, 0) is 4.79 Å². The maximum atomic E-state index is 12.5. The number of rotatable bonds is 5. The fraction of sp³-hybridized carbons (Fsp3) is 0.158. The lowest BCUT2D eigenvalue weighted by Gasteiger charge is -2.16. The summed E-state index contributed by atoms with van der Waals surface area (Å²) < 4.78 is 5.13. The minimum atomic E-state index is -0.384. The van der Waals surface area contributed by atoms with E-state index in [0.717, 1.165) is 28.0 Å². The molecule has 1 amide bonds. The van der Waals surface area contributed by atoms with Crippen LogP contribution < -0.4 is 15.4 Å². The van der Waals surface area contributed by atoms with Gasteiger partial charge in [0.25, 0.3) is 0 Å². The third-order valence-electron chi connectivity index (χ3n) is 3.77. The maximum absolute atomic E-state index is 12.5. The molecule has 2 N–H and O–H groups in total. The van der Waals surface area contributed by atoms with Gasteiger partial charge in [-0.3, -0.25) is 9.78 Å². The molecule has 0 radical (unpaired) electrons. The molecule has 24 heavy (non-hydrogen) atoms. The molecular weight excluding hydrogens is 302 g/mol. The summed E-state index contributed by atoms with van der Waals surface area (Å²) in [5, 5.41) is 7.06. The van der Waals surface area contributed by atoms with Gasteiger partial charge < -0.3 is 15.4 Å². The van der Waals surface area contributed by atoms with Crippen molar-refractivity contribution in [2.75, 3.05) is 17.7 Å². The number of carbonyl (C=O) groups excluding carboxylic acids is 1. The molecule has 5 heteroatoms. The van der Waals surface area contributed by atoms with Gasteiger partial charge in [-0.25, -0.2) is 0 Å². The first kappa shape index (κ1) is 15.8. The number of carbonyl (C=O) groups is 1. The van der Waals surface area contributed by atoms with Crippen LogP contribution >= 0.6 is 0 Å². The molecule has 1 unspecified atom stereocenters. The van der Waals surface area contributed by atoms with Crippen molar-refractivity contribution in [2.45, 2.75) is 13.0 Å². The van der Waals surface area contributed by atoms with Crippen molar-refractivity contribution in [1.82, 2.24) is 4.98 Å². The number of fused-ring (bicyclic) bond motifs is 1. The molecule has 2 aromatic carbocycles. The maximum Gasteiger partial charge on any atom is 0.246 e. The van der Waals surface area contributed by atoms with Gasteiger partial charge in [-0.15, -0.1) is 0 Å². The van der Waals surface area contributed by atoms with Gasteiger partial charge in [-0.05, 0) is 55.5 Å². The molecule has 0 aliphatic carbocycles. The molecule has 0 aliphatic heterocycles. The smallest absolute Gasteiger partial charge is 0.246 e. The minimum Gasteiger partial charge on any atom is -0.497 e. The van der Waals surface area contributed by atoms with Crippen LogP contribution in [-0.4, -0.2) is 24.0 Å². The average molecular weight is 321 g/mol. The van der Waals surface area contributed by atoms with Crippen molar-refractivity contribution in [3.8, 4) is 5.75 Å². The van der Waals surface area contributed by atoms with E-state index in [2.05, 4.69) is 15.6 Å². The summed E-state index contributed by atoms with van der Waals surface area (Å²) in [7, 11) is 1.62. The fourth-order valence-corrected chi connectivity index (χ4v) is 2.46. The molecule has 1 aromatic heterocycles. The lowest BCUT2D eigenvalue weighted by Crippen LogP contribution is -2.31. The van der Waals surface area contributed by atoms with Crippen molar-refractivity contribution in [1.29, 1.82) is 0 Å². The van der Waals surface area contributed by atoms with Gasteiger partial charge in [-0.2, -0.15) is 0 Å². The summed E-state index contributed by atoms with van der Waals surface area (Å²) in [5.74, 6) is 0.670. The van der Waals surface area contributed by atoms with Gasteiger partial charge in [0, 0.05) is 17.3 Å². The van der Waals surface area contributed by atoms with E-state index in [1.54, 1.807) is 13.3 Å². The van der Waals surface area contributed by atoms with E-state index in [1.165, 1.54) is 0 Å². The Morgan fingerprint density at radius 2 is 1.88 bits per heavy atom. The number of hydrogen-bond donors (Lipinski definition) is 2.